The van der Waals surface area contributed by atoms with Crippen molar-refractivity contribution in [1.29, 1.82) is 0 Å². The smallest absolute Gasteiger partial charge is 0.227 e. The van der Waals surface area contributed by atoms with Gasteiger partial charge in [-0.1, -0.05) is 18.2 Å². The highest BCUT2D eigenvalue weighted by Gasteiger charge is 2.30. The fraction of sp³-hybridized carbons (Fsp3) is 0.375. The van der Waals surface area contributed by atoms with Crippen molar-refractivity contribution < 1.29 is 0 Å². The van der Waals surface area contributed by atoms with Gasteiger partial charge in [0, 0.05) is 36.7 Å². The van der Waals surface area contributed by atoms with Crippen molar-refractivity contribution in [3.05, 3.63) is 47.3 Å². The molecule has 102 valence electrons. The van der Waals surface area contributed by atoms with Gasteiger partial charge in [0.1, 0.15) is 0 Å². The summed E-state index contributed by atoms with van der Waals surface area (Å²) in [7, 11) is 0. The van der Waals surface area contributed by atoms with E-state index in [0.29, 0.717) is 5.92 Å². The maximum atomic E-state index is 4.78. The number of fused-ring (bicyclic) bond motifs is 1. The second kappa shape index (κ2) is 4.87. The minimum Gasteiger partial charge on any atom is -0.324 e. The maximum Gasteiger partial charge on any atom is 0.227 e. The highest BCUT2D eigenvalue weighted by molar-refractivity contribution is 5.54. The lowest BCUT2D eigenvalue weighted by Gasteiger charge is -2.20. The van der Waals surface area contributed by atoms with Gasteiger partial charge in [0.2, 0.25) is 5.95 Å². The summed E-state index contributed by atoms with van der Waals surface area (Å²) in [6, 6.07) is 10.1. The Bertz CT molecular complexity index is 620. The molecule has 4 rings (SSSR count). The van der Waals surface area contributed by atoms with Gasteiger partial charge in [-0.05, 0) is 25.0 Å². The molecule has 1 saturated carbocycles. The lowest BCUT2D eigenvalue weighted by molar-refractivity contribution is 0.617. The van der Waals surface area contributed by atoms with E-state index < -0.39 is 0 Å². The van der Waals surface area contributed by atoms with Crippen LogP contribution in [0.2, 0.25) is 0 Å². The van der Waals surface area contributed by atoms with Crippen LogP contribution in [0.4, 0.5) is 11.6 Å². The Morgan fingerprint density at radius 3 is 2.75 bits per heavy atom. The van der Waals surface area contributed by atoms with E-state index in [4.69, 9.17) is 9.97 Å². The van der Waals surface area contributed by atoms with Crippen LogP contribution in [0.15, 0.2) is 30.3 Å². The van der Waals surface area contributed by atoms with Gasteiger partial charge >= 0.3 is 0 Å². The van der Waals surface area contributed by atoms with Crippen LogP contribution in [0, 0.1) is 0 Å². The number of nitrogens with one attached hydrogen (secondary N) is 2. The number of hydrogen-bond donors (Lipinski definition) is 2. The summed E-state index contributed by atoms with van der Waals surface area (Å²) in [4.78, 5) is 9.50. The first kappa shape index (κ1) is 11.9. The van der Waals surface area contributed by atoms with E-state index in [1.165, 1.54) is 29.8 Å². The summed E-state index contributed by atoms with van der Waals surface area (Å²) in [5.41, 5.74) is 4.88. The molecule has 20 heavy (non-hydrogen) atoms. The average Bonchev–Trinajstić information content (AvgIpc) is 3.32. The molecule has 0 bridgehead atoms. The Hall–Kier alpha value is -1.94. The summed E-state index contributed by atoms with van der Waals surface area (Å²) in [5, 5.41) is 6.77. The van der Waals surface area contributed by atoms with Gasteiger partial charge in [-0.25, -0.2) is 9.97 Å². The predicted octanol–water partition coefficient (Wildman–Crippen LogP) is 2.74. The van der Waals surface area contributed by atoms with Crippen LogP contribution in [-0.2, 0) is 13.0 Å². The van der Waals surface area contributed by atoms with Crippen LogP contribution in [0.5, 0.6) is 0 Å². The van der Waals surface area contributed by atoms with Crippen molar-refractivity contribution in [2.75, 3.05) is 11.9 Å². The molecule has 4 nitrogen and oxygen atoms in total. The van der Waals surface area contributed by atoms with Crippen LogP contribution in [0.3, 0.4) is 0 Å². The minimum atomic E-state index is 0.656. The van der Waals surface area contributed by atoms with Crippen LogP contribution >= 0.6 is 0 Å². The average molecular weight is 266 g/mol. The SMILES string of the molecule is c1ccc(Nc2nc3c(c(C4CC4)n2)CNCC3)cc1. The number of benzene rings is 1. The third-order valence-corrected chi connectivity index (χ3v) is 3.96. The van der Waals surface area contributed by atoms with Gasteiger partial charge < -0.3 is 10.6 Å². The summed E-state index contributed by atoms with van der Waals surface area (Å²) < 4.78 is 0. The molecule has 2 aromatic rings. The molecule has 1 aliphatic heterocycles. The van der Waals surface area contributed by atoms with E-state index in [1.807, 2.05) is 30.3 Å². The molecular weight excluding hydrogens is 248 g/mol. The molecule has 0 atom stereocenters. The quantitative estimate of drug-likeness (QED) is 0.897. The zero-order valence-corrected chi connectivity index (χ0v) is 11.4. The summed E-state index contributed by atoms with van der Waals surface area (Å²) in [5.74, 6) is 1.40. The molecular formula is C16H18N4. The van der Waals surface area contributed by atoms with Crippen LogP contribution in [0.1, 0.15) is 35.7 Å². The van der Waals surface area contributed by atoms with Gasteiger partial charge in [-0.2, -0.15) is 0 Å². The first-order valence-corrected chi connectivity index (χ1v) is 7.32. The number of rotatable bonds is 3. The third kappa shape index (κ3) is 2.27. The molecule has 0 radical (unpaired) electrons. The number of hydrogen-bond acceptors (Lipinski definition) is 4. The lowest BCUT2D eigenvalue weighted by Crippen LogP contribution is -2.26. The molecule has 0 saturated heterocycles. The molecule has 1 aliphatic carbocycles. The van der Waals surface area contributed by atoms with E-state index in [9.17, 15) is 0 Å². The fourth-order valence-electron chi connectivity index (χ4n) is 2.77. The van der Waals surface area contributed by atoms with E-state index >= 15 is 0 Å². The molecule has 0 amide bonds. The van der Waals surface area contributed by atoms with Crippen molar-refractivity contribution >= 4 is 11.6 Å². The van der Waals surface area contributed by atoms with E-state index in [-0.39, 0.29) is 0 Å². The number of nitrogens with zero attached hydrogens (tertiary/aromatic N) is 2. The molecule has 1 aromatic heterocycles. The van der Waals surface area contributed by atoms with Crippen LogP contribution in [0.25, 0.3) is 0 Å². The largest absolute Gasteiger partial charge is 0.324 e. The van der Waals surface area contributed by atoms with E-state index in [1.54, 1.807) is 0 Å². The normalized spacial score (nSPS) is 17.6. The highest BCUT2D eigenvalue weighted by Crippen LogP contribution is 2.42. The minimum absolute atomic E-state index is 0.656. The fourth-order valence-corrected chi connectivity index (χ4v) is 2.77. The molecule has 0 spiro atoms. The first-order valence-electron chi connectivity index (χ1n) is 7.32. The van der Waals surface area contributed by atoms with E-state index in [0.717, 1.165) is 31.1 Å². The standard InChI is InChI=1S/C16H18N4/c1-2-4-12(5-3-1)18-16-19-14-8-9-17-10-13(14)15(20-16)11-6-7-11/h1-5,11,17H,6-10H2,(H,18,19,20). The zero-order valence-electron chi connectivity index (χ0n) is 11.4. The van der Waals surface area contributed by atoms with Gasteiger partial charge in [0.25, 0.3) is 0 Å². The van der Waals surface area contributed by atoms with Gasteiger partial charge in [0.15, 0.2) is 0 Å². The van der Waals surface area contributed by atoms with Crippen LogP contribution < -0.4 is 10.6 Å². The predicted molar refractivity (Wildman–Crippen MR) is 79.1 cm³/mol. The summed E-state index contributed by atoms with van der Waals surface area (Å²) >= 11 is 0. The van der Waals surface area contributed by atoms with Crippen molar-refractivity contribution in [2.45, 2.75) is 31.7 Å². The van der Waals surface area contributed by atoms with Crippen molar-refractivity contribution in [1.82, 2.24) is 15.3 Å². The molecule has 2 aliphatic rings. The van der Waals surface area contributed by atoms with Gasteiger partial charge in [-0.3, -0.25) is 0 Å². The number of anilines is 2. The first-order chi connectivity index (χ1) is 9.90. The molecule has 1 aromatic carbocycles. The highest BCUT2D eigenvalue weighted by atomic mass is 15.1. The zero-order chi connectivity index (χ0) is 13.4. The van der Waals surface area contributed by atoms with Crippen LogP contribution in [-0.4, -0.2) is 16.5 Å². The van der Waals surface area contributed by atoms with Crippen molar-refractivity contribution in [3.8, 4) is 0 Å². The Morgan fingerprint density at radius 2 is 1.95 bits per heavy atom. The molecule has 2 heterocycles. The molecule has 2 N–H and O–H groups in total. The number of aromatic nitrogens is 2. The third-order valence-electron chi connectivity index (χ3n) is 3.96. The van der Waals surface area contributed by atoms with Crippen molar-refractivity contribution in [2.24, 2.45) is 0 Å². The summed E-state index contributed by atoms with van der Waals surface area (Å²) in [6.07, 6.45) is 3.55. The Morgan fingerprint density at radius 1 is 1.10 bits per heavy atom. The Kier molecular flexibility index (Phi) is 2.89. The second-order valence-electron chi connectivity index (χ2n) is 5.55. The Labute approximate surface area is 118 Å². The van der Waals surface area contributed by atoms with Gasteiger partial charge in [-0.15, -0.1) is 0 Å². The van der Waals surface area contributed by atoms with Gasteiger partial charge in [0.05, 0.1) is 11.4 Å². The molecule has 0 unspecified atom stereocenters. The topological polar surface area (TPSA) is 49.8 Å². The molecule has 4 heteroatoms. The van der Waals surface area contributed by atoms with Crippen molar-refractivity contribution in [3.63, 3.8) is 0 Å². The maximum absolute atomic E-state index is 4.78. The molecule has 1 fully saturated rings. The summed E-state index contributed by atoms with van der Waals surface area (Å²) in [6.45, 7) is 1.94. The lowest BCUT2D eigenvalue weighted by atomic mass is 10.0. The Balaban J connectivity index is 1.71. The monoisotopic (exact) mass is 266 g/mol. The number of para-hydroxylation sites is 1. The second-order valence-corrected chi connectivity index (χ2v) is 5.55. The van der Waals surface area contributed by atoms with E-state index in [2.05, 4.69) is 10.6 Å².